The van der Waals surface area contributed by atoms with Gasteiger partial charge in [0.05, 0.1) is 7.11 Å². The van der Waals surface area contributed by atoms with Gasteiger partial charge < -0.3 is 9.64 Å². The Balaban J connectivity index is 2.45. The number of unbranched alkanes of at least 4 members (excludes halogenated alkanes) is 2. The zero-order valence-electron chi connectivity index (χ0n) is 10.7. The minimum absolute atomic E-state index is 0.966. The third-order valence-corrected chi connectivity index (χ3v) is 2.78. The number of ether oxygens (including phenoxy) is 1. The fourth-order valence-electron chi connectivity index (χ4n) is 1.84. The summed E-state index contributed by atoms with van der Waals surface area (Å²) >= 11 is 0. The van der Waals surface area contributed by atoms with E-state index in [0.717, 1.165) is 18.8 Å². The maximum Gasteiger partial charge on any atom is 0.123 e. The van der Waals surface area contributed by atoms with Gasteiger partial charge >= 0.3 is 0 Å². The van der Waals surface area contributed by atoms with E-state index in [-0.39, 0.29) is 0 Å². The van der Waals surface area contributed by atoms with Crippen LogP contribution in [0, 0.1) is 0 Å². The molecular weight excluding hydrogens is 198 g/mol. The van der Waals surface area contributed by atoms with Gasteiger partial charge in [-0.05, 0) is 26.1 Å². The normalized spacial score (nSPS) is 10.8. The predicted octanol–water partition coefficient (Wildman–Crippen LogP) is 3.32. The molecule has 16 heavy (non-hydrogen) atoms. The molecule has 0 aromatic heterocycles. The lowest BCUT2D eigenvalue weighted by Crippen LogP contribution is -2.19. The average molecular weight is 221 g/mol. The monoisotopic (exact) mass is 221 g/mol. The Bertz CT molecular complexity index is 299. The van der Waals surface area contributed by atoms with Crippen molar-refractivity contribution in [1.82, 2.24) is 4.90 Å². The van der Waals surface area contributed by atoms with Crippen LogP contribution in [0.1, 0.15) is 31.7 Å². The lowest BCUT2D eigenvalue weighted by Gasteiger charge is -2.18. The Morgan fingerprint density at radius 2 is 1.94 bits per heavy atom. The molecule has 0 bridgehead atoms. The van der Waals surface area contributed by atoms with Crippen LogP contribution < -0.4 is 4.74 Å². The zero-order valence-corrected chi connectivity index (χ0v) is 10.7. The SMILES string of the molecule is CCCCCN(C)Cc1ccccc1OC. The van der Waals surface area contributed by atoms with E-state index < -0.39 is 0 Å². The molecule has 0 atom stereocenters. The fraction of sp³-hybridized carbons (Fsp3) is 0.571. The van der Waals surface area contributed by atoms with Crippen molar-refractivity contribution in [2.75, 3.05) is 20.7 Å². The van der Waals surface area contributed by atoms with Crippen LogP contribution in [0.3, 0.4) is 0 Å². The van der Waals surface area contributed by atoms with Crippen molar-refractivity contribution in [3.8, 4) is 5.75 Å². The molecule has 0 aliphatic heterocycles. The molecule has 1 rings (SSSR count). The van der Waals surface area contributed by atoms with Crippen molar-refractivity contribution in [2.45, 2.75) is 32.7 Å². The standard InChI is InChI=1S/C14H23NO/c1-4-5-8-11-15(2)12-13-9-6-7-10-14(13)16-3/h6-7,9-10H,4-5,8,11-12H2,1-3H3. The highest BCUT2D eigenvalue weighted by Crippen LogP contribution is 2.18. The summed E-state index contributed by atoms with van der Waals surface area (Å²) in [5, 5.41) is 0. The lowest BCUT2D eigenvalue weighted by atomic mass is 10.2. The summed E-state index contributed by atoms with van der Waals surface area (Å²) < 4.78 is 5.35. The number of para-hydroxylation sites is 1. The van der Waals surface area contributed by atoms with Gasteiger partial charge in [0.15, 0.2) is 0 Å². The van der Waals surface area contributed by atoms with Gasteiger partial charge in [-0.15, -0.1) is 0 Å². The van der Waals surface area contributed by atoms with Crippen LogP contribution in [0.15, 0.2) is 24.3 Å². The molecule has 0 amide bonds. The van der Waals surface area contributed by atoms with Crippen molar-refractivity contribution >= 4 is 0 Å². The molecule has 0 spiro atoms. The van der Waals surface area contributed by atoms with Gasteiger partial charge in [-0.1, -0.05) is 38.0 Å². The molecule has 2 heteroatoms. The number of hydrogen-bond donors (Lipinski definition) is 0. The first-order valence-electron chi connectivity index (χ1n) is 6.08. The van der Waals surface area contributed by atoms with Crippen LogP contribution in [0.4, 0.5) is 0 Å². The minimum Gasteiger partial charge on any atom is -0.496 e. The molecule has 0 unspecified atom stereocenters. The first-order valence-corrected chi connectivity index (χ1v) is 6.08. The van der Waals surface area contributed by atoms with Gasteiger partial charge in [-0.3, -0.25) is 0 Å². The number of hydrogen-bond acceptors (Lipinski definition) is 2. The van der Waals surface area contributed by atoms with E-state index in [0.29, 0.717) is 0 Å². The highest BCUT2D eigenvalue weighted by Gasteiger charge is 2.04. The second-order valence-electron chi connectivity index (χ2n) is 4.26. The Morgan fingerprint density at radius 3 is 2.62 bits per heavy atom. The second-order valence-corrected chi connectivity index (χ2v) is 4.26. The first-order chi connectivity index (χ1) is 7.77. The van der Waals surface area contributed by atoms with Gasteiger partial charge in [0.2, 0.25) is 0 Å². The third kappa shape index (κ3) is 4.23. The summed E-state index contributed by atoms with van der Waals surface area (Å²) in [6.45, 7) is 4.36. The largest absolute Gasteiger partial charge is 0.496 e. The molecule has 0 N–H and O–H groups in total. The van der Waals surface area contributed by atoms with E-state index in [4.69, 9.17) is 4.74 Å². The highest BCUT2D eigenvalue weighted by atomic mass is 16.5. The maximum atomic E-state index is 5.35. The molecule has 0 radical (unpaired) electrons. The zero-order chi connectivity index (χ0) is 11.8. The molecule has 0 aliphatic carbocycles. The van der Waals surface area contributed by atoms with E-state index in [1.165, 1.54) is 24.8 Å². The van der Waals surface area contributed by atoms with Crippen molar-refractivity contribution in [3.63, 3.8) is 0 Å². The van der Waals surface area contributed by atoms with Crippen molar-refractivity contribution in [2.24, 2.45) is 0 Å². The molecule has 0 saturated carbocycles. The number of benzene rings is 1. The van der Waals surface area contributed by atoms with Crippen molar-refractivity contribution in [3.05, 3.63) is 29.8 Å². The molecule has 0 aliphatic rings. The maximum absolute atomic E-state index is 5.35. The Hall–Kier alpha value is -1.02. The van der Waals surface area contributed by atoms with E-state index in [9.17, 15) is 0 Å². The van der Waals surface area contributed by atoms with Crippen LogP contribution >= 0.6 is 0 Å². The molecule has 1 aromatic carbocycles. The summed E-state index contributed by atoms with van der Waals surface area (Å²) in [6, 6.07) is 8.24. The minimum atomic E-state index is 0.966. The van der Waals surface area contributed by atoms with E-state index in [1.54, 1.807) is 7.11 Å². The molecular formula is C14H23NO. The predicted molar refractivity (Wildman–Crippen MR) is 68.9 cm³/mol. The molecule has 0 saturated heterocycles. The number of methoxy groups -OCH3 is 1. The third-order valence-electron chi connectivity index (χ3n) is 2.78. The van der Waals surface area contributed by atoms with E-state index in [1.807, 2.05) is 12.1 Å². The highest BCUT2D eigenvalue weighted by molar-refractivity contribution is 5.32. The van der Waals surface area contributed by atoms with Gasteiger partial charge in [-0.25, -0.2) is 0 Å². The van der Waals surface area contributed by atoms with Crippen molar-refractivity contribution < 1.29 is 4.74 Å². The fourth-order valence-corrected chi connectivity index (χ4v) is 1.84. The molecule has 90 valence electrons. The second kappa shape index (κ2) is 7.29. The average Bonchev–Trinajstić information content (AvgIpc) is 2.30. The van der Waals surface area contributed by atoms with Crippen LogP contribution in [-0.2, 0) is 6.54 Å². The van der Waals surface area contributed by atoms with Crippen LogP contribution in [0.2, 0.25) is 0 Å². The summed E-state index contributed by atoms with van der Waals surface area (Å²) in [5.74, 6) is 0.991. The Morgan fingerprint density at radius 1 is 1.19 bits per heavy atom. The summed E-state index contributed by atoms with van der Waals surface area (Å²) in [7, 11) is 3.90. The topological polar surface area (TPSA) is 12.5 Å². The Labute approximate surface area is 99.2 Å². The van der Waals surface area contributed by atoms with E-state index >= 15 is 0 Å². The molecule has 0 fully saturated rings. The Kier molecular flexibility index (Phi) is 5.94. The van der Waals surface area contributed by atoms with Gasteiger partial charge in [-0.2, -0.15) is 0 Å². The van der Waals surface area contributed by atoms with Crippen LogP contribution in [-0.4, -0.2) is 25.6 Å². The summed E-state index contributed by atoms with van der Waals surface area (Å²) in [5.41, 5.74) is 1.27. The van der Waals surface area contributed by atoms with E-state index in [2.05, 4.69) is 31.0 Å². The molecule has 1 aromatic rings. The van der Waals surface area contributed by atoms with Crippen LogP contribution in [0.25, 0.3) is 0 Å². The quantitative estimate of drug-likeness (QED) is 0.655. The van der Waals surface area contributed by atoms with Gasteiger partial charge in [0.1, 0.15) is 5.75 Å². The van der Waals surface area contributed by atoms with Crippen LogP contribution in [0.5, 0.6) is 5.75 Å². The number of nitrogens with zero attached hydrogens (tertiary/aromatic N) is 1. The lowest BCUT2D eigenvalue weighted by molar-refractivity contribution is 0.310. The summed E-state index contributed by atoms with van der Waals surface area (Å²) in [4.78, 5) is 2.35. The smallest absolute Gasteiger partial charge is 0.123 e. The first kappa shape index (κ1) is 13.0. The van der Waals surface area contributed by atoms with Gasteiger partial charge in [0, 0.05) is 12.1 Å². The summed E-state index contributed by atoms with van der Waals surface area (Å²) in [6.07, 6.45) is 3.88. The number of rotatable bonds is 7. The van der Waals surface area contributed by atoms with Gasteiger partial charge in [0.25, 0.3) is 0 Å². The molecule has 2 nitrogen and oxygen atoms in total. The van der Waals surface area contributed by atoms with Crippen molar-refractivity contribution in [1.29, 1.82) is 0 Å². The molecule has 0 heterocycles.